The minimum atomic E-state index is 0.578. The van der Waals surface area contributed by atoms with E-state index in [2.05, 4.69) is 36.3 Å². The van der Waals surface area contributed by atoms with Crippen molar-refractivity contribution >= 4 is 21.7 Å². The van der Waals surface area contributed by atoms with E-state index in [1.165, 1.54) is 0 Å². The van der Waals surface area contributed by atoms with Gasteiger partial charge in [0, 0.05) is 11.5 Å². The van der Waals surface area contributed by atoms with E-state index >= 15 is 0 Å². The maximum Gasteiger partial charge on any atom is 0.169 e. The van der Waals surface area contributed by atoms with Gasteiger partial charge in [-0.15, -0.1) is 0 Å². The van der Waals surface area contributed by atoms with E-state index in [1.54, 1.807) is 11.0 Å². The summed E-state index contributed by atoms with van der Waals surface area (Å²) in [5, 5.41) is 7.34. The molecule has 0 fully saturated rings. The van der Waals surface area contributed by atoms with Gasteiger partial charge in [0.05, 0.1) is 12.2 Å². The van der Waals surface area contributed by atoms with Crippen LogP contribution in [0.25, 0.3) is 0 Å². The molecule has 0 aliphatic heterocycles. The van der Waals surface area contributed by atoms with Gasteiger partial charge in [0.25, 0.3) is 0 Å². The standard InChI is InChI=1S/C10H12BrN5/c1-7-8(11)3-4-9(14-7)12-5-10-13-6-16(2)15-10/h3-4,6H,5H2,1-2H3,(H,12,14). The minimum Gasteiger partial charge on any atom is -0.363 e. The van der Waals surface area contributed by atoms with Crippen LogP contribution in [0.4, 0.5) is 5.82 Å². The van der Waals surface area contributed by atoms with Crippen LogP contribution in [0, 0.1) is 6.92 Å². The zero-order chi connectivity index (χ0) is 11.5. The van der Waals surface area contributed by atoms with Gasteiger partial charge in [0.15, 0.2) is 5.82 Å². The third-order valence-electron chi connectivity index (χ3n) is 2.10. The first-order chi connectivity index (χ1) is 7.65. The highest BCUT2D eigenvalue weighted by Crippen LogP contribution is 2.16. The van der Waals surface area contributed by atoms with E-state index in [1.807, 2.05) is 26.1 Å². The lowest BCUT2D eigenvalue weighted by molar-refractivity contribution is 0.747. The summed E-state index contributed by atoms with van der Waals surface area (Å²) in [4.78, 5) is 8.50. The van der Waals surface area contributed by atoms with Crippen LogP contribution in [0.15, 0.2) is 22.9 Å². The maximum absolute atomic E-state index is 4.37. The molecule has 84 valence electrons. The largest absolute Gasteiger partial charge is 0.363 e. The van der Waals surface area contributed by atoms with E-state index in [0.29, 0.717) is 6.54 Å². The molecule has 0 amide bonds. The molecule has 0 saturated carbocycles. The van der Waals surface area contributed by atoms with Crippen LogP contribution in [0.5, 0.6) is 0 Å². The fourth-order valence-corrected chi connectivity index (χ4v) is 1.50. The van der Waals surface area contributed by atoms with Gasteiger partial charge in [-0.2, -0.15) is 5.10 Å². The number of nitrogens with one attached hydrogen (secondary N) is 1. The summed E-state index contributed by atoms with van der Waals surface area (Å²) < 4.78 is 2.69. The Bertz CT molecular complexity index is 494. The first-order valence-electron chi connectivity index (χ1n) is 4.86. The van der Waals surface area contributed by atoms with Crippen LogP contribution < -0.4 is 5.32 Å². The molecule has 2 aromatic rings. The molecule has 5 nitrogen and oxygen atoms in total. The van der Waals surface area contributed by atoms with Crippen molar-refractivity contribution in [3.63, 3.8) is 0 Å². The molecule has 0 radical (unpaired) electrons. The van der Waals surface area contributed by atoms with Crippen LogP contribution in [-0.4, -0.2) is 19.7 Å². The Labute approximate surface area is 102 Å². The number of aryl methyl sites for hydroxylation is 2. The molecule has 2 aromatic heterocycles. The summed E-state index contributed by atoms with van der Waals surface area (Å²) in [5.74, 6) is 1.58. The molecule has 6 heteroatoms. The van der Waals surface area contributed by atoms with Gasteiger partial charge >= 0.3 is 0 Å². The van der Waals surface area contributed by atoms with Gasteiger partial charge < -0.3 is 5.32 Å². The third kappa shape index (κ3) is 2.57. The summed E-state index contributed by atoms with van der Waals surface area (Å²) in [6, 6.07) is 3.89. The van der Waals surface area contributed by atoms with Crippen LogP contribution in [0.1, 0.15) is 11.5 Å². The Hall–Kier alpha value is -1.43. The first kappa shape index (κ1) is 11.1. The monoisotopic (exact) mass is 281 g/mol. The lowest BCUT2D eigenvalue weighted by atomic mass is 10.4. The second-order valence-corrected chi connectivity index (χ2v) is 4.31. The number of pyridine rings is 1. The average Bonchev–Trinajstić information content (AvgIpc) is 2.66. The molecule has 0 aliphatic rings. The summed E-state index contributed by atoms with van der Waals surface area (Å²) in [5.41, 5.74) is 0.957. The molecule has 1 N–H and O–H groups in total. The van der Waals surface area contributed by atoms with Crippen molar-refractivity contribution in [2.24, 2.45) is 7.05 Å². The molecular weight excluding hydrogens is 270 g/mol. The number of nitrogens with zero attached hydrogens (tertiary/aromatic N) is 4. The number of halogens is 1. The van der Waals surface area contributed by atoms with Gasteiger partial charge in [0.1, 0.15) is 12.1 Å². The lowest BCUT2D eigenvalue weighted by Gasteiger charge is -2.04. The highest BCUT2D eigenvalue weighted by atomic mass is 79.9. The predicted molar refractivity (Wildman–Crippen MR) is 65.0 cm³/mol. The molecule has 16 heavy (non-hydrogen) atoms. The van der Waals surface area contributed by atoms with E-state index in [4.69, 9.17) is 0 Å². The first-order valence-corrected chi connectivity index (χ1v) is 5.66. The zero-order valence-corrected chi connectivity index (χ0v) is 10.7. The Morgan fingerprint density at radius 2 is 2.25 bits per heavy atom. The summed E-state index contributed by atoms with van der Waals surface area (Å²) in [6.07, 6.45) is 1.68. The minimum absolute atomic E-state index is 0.578. The predicted octanol–water partition coefficient (Wildman–Crippen LogP) is 1.89. The lowest BCUT2D eigenvalue weighted by Crippen LogP contribution is -2.04. The molecular formula is C10H12BrN5. The fraction of sp³-hybridized carbons (Fsp3) is 0.300. The van der Waals surface area contributed by atoms with E-state index in [-0.39, 0.29) is 0 Å². The zero-order valence-electron chi connectivity index (χ0n) is 9.11. The van der Waals surface area contributed by atoms with Crippen LogP contribution in [0.2, 0.25) is 0 Å². The Morgan fingerprint density at radius 3 is 2.88 bits per heavy atom. The van der Waals surface area contributed by atoms with Crippen LogP contribution in [0.3, 0.4) is 0 Å². The maximum atomic E-state index is 4.37. The van der Waals surface area contributed by atoms with Gasteiger partial charge in [-0.3, -0.25) is 4.68 Å². The van der Waals surface area contributed by atoms with E-state index in [0.717, 1.165) is 21.8 Å². The molecule has 0 unspecified atom stereocenters. The highest BCUT2D eigenvalue weighted by Gasteiger charge is 2.01. The van der Waals surface area contributed by atoms with Crippen molar-refractivity contribution in [2.45, 2.75) is 13.5 Å². The number of anilines is 1. The second kappa shape index (κ2) is 4.61. The van der Waals surface area contributed by atoms with Crippen molar-refractivity contribution in [3.05, 3.63) is 34.5 Å². The number of aromatic nitrogens is 4. The third-order valence-corrected chi connectivity index (χ3v) is 2.93. The van der Waals surface area contributed by atoms with Crippen LogP contribution >= 0.6 is 15.9 Å². The highest BCUT2D eigenvalue weighted by molar-refractivity contribution is 9.10. The normalized spacial score (nSPS) is 10.4. The topological polar surface area (TPSA) is 55.6 Å². The number of hydrogen-bond acceptors (Lipinski definition) is 4. The van der Waals surface area contributed by atoms with Gasteiger partial charge in [-0.1, -0.05) is 0 Å². The van der Waals surface area contributed by atoms with Gasteiger partial charge in [-0.25, -0.2) is 9.97 Å². The summed E-state index contributed by atoms with van der Waals surface area (Å²) >= 11 is 3.41. The molecule has 0 atom stereocenters. The van der Waals surface area contributed by atoms with Crippen molar-refractivity contribution in [1.29, 1.82) is 0 Å². The Kier molecular flexibility index (Phi) is 3.19. The molecule has 0 aromatic carbocycles. The van der Waals surface area contributed by atoms with Crippen molar-refractivity contribution in [2.75, 3.05) is 5.32 Å². The molecule has 2 rings (SSSR count). The van der Waals surface area contributed by atoms with Gasteiger partial charge in [-0.05, 0) is 35.0 Å². The van der Waals surface area contributed by atoms with E-state index < -0.39 is 0 Å². The van der Waals surface area contributed by atoms with Crippen molar-refractivity contribution in [1.82, 2.24) is 19.7 Å². The molecule has 0 aliphatic carbocycles. The molecule has 0 spiro atoms. The van der Waals surface area contributed by atoms with Gasteiger partial charge in [0.2, 0.25) is 0 Å². The van der Waals surface area contributed by atoms with Crippen molar-refractivity contribution < 1.29 is 0 Å². The SMILES string of the molecule is Cc1nc(NCc2ncn(C)n2)ccc1Br. The Morgan fingerprint density at radius 1 is 1.44 bits per heavy atom. The smallest absolute Gasteiger partial charge is 0.169 e. The summed E-state index contributed by atoms with van der Waals surface area (Å²) in [7, 11) is 1.85. The molecule has 2 heterocycles. The Balaban J connectivity index is 2.02. The molecule has 0 saturated heterocycles. The number of hydrogen-bond donors (Lipinski definition) is 1. The average molecular weight is 282 g/mol. The van der Waals surface area contributed by atoms with Crippen molar-refractivity contribution in [3.8, 4) is 0 Å². The van der Waals surface area contributed by atoms with E-state index in [9.17, 15) is 0 Å². The van der Waals surface area contributed by atoms with Crippen LogP contribution in [-0.2, 0) is 13.6 Å². The second-order valence-electron chi connectivity index (χ2n) is 3.45. The summed E-state index contributed by atoms with van der Waals surface area (Å²) in [6.45, 7) is 2.53. The molecule has 0 bridgehead atoms. The fourth-order valence-electron chi connectivity index (χ4n) is 1.28. The number of rotatable bonds is 3. The quantitative estimate of drug-likeness (QED) is 0.934.